The van der Waals surface area contributed by atoms with Crippen LogP contribution < -0.4 is 5.32 Å². The second kappa shape index (κ2) is 6.13. The van der Waals surface area contributed by atoms with Gasteiger partial charge >= 0.3 is 0 Å². The Morgan fingerprint density at radius 3 is 2.75 bits per heavy atom. The van der Waals surface area contributed by atoms with Crippen LogP contribution in [0.15, 0.2) is 24.3 Å². The van der Waals surface area contributed by atoms with Gasteiger partial charge in [-0.2, -0.15) is 0 Å². The van der Waals surface area contributed by atoms with Gasteiger partial charge in [-0.15, -0.1) is 5.92 Å². The van der Waals surface area contributed by atoms with Crippen molar-refractivity contribution in [3.8, 4) is 0 Å². The molecule has 0 bridgehead atoms. The first-order valence-corrected chi connectivity index (χ1v) is 5.64. The van der Waals surface area contributed by atoms with Gasteiger partial charge in [0.1, 0.15) is 0 Å². The number of rotatable bonds is 0. The Hall–Kier alpha value is 0.0839. The Morgan fingerprint density at radius 1 is 1.12 bits per heavy atom. The van der Waals surface area contributed by atoms with Crippen LogP contribution in [0.3, 0.4) is 0 Å². The van der Waals surface area contributed by atoms with Crippen LogP contribution in [0.25, 0.3) is 0 Å². The summed E-state index contributed by atoms with van der Waals surface area (Å²) in [5.74, 6) is 1.57. The molecule has 1 aliphatic heterocycles. The van der Waals surface area contributed by atoms with E-state index >= 15 is 0 Å². The number of nitrogens with one attached hydrogen (secondary N) is 1. The van der Waals surface area contributed by atoms with Gasteiger partial charge in [0, 0.05) is 38.4 Å². The maximum atomic E-state index is 3.44. The maximum absolute atomic E-state index is 3.44. The molecule has 2 aliphatic rings. The SMILES string of the molecule is O.[Y].c1ccc2c(c1)N[CH-]C1CCCCC21. The van der Waals surface area contributed by atoms with Crippen molar-refractivity contribution in [2.24, 2.45) is 5.92 Å². The van der Waals surface area contributed by atoms with Crippen LogP contribution in [0.4, 0.5) is 5.69 Å². The van der Waals surface area contributed by atoms with Crippen LogP contribution in [-0.2, 0) is 32.7 Å². The van der Waals surface area contributed by atoms with E-state index in [1.165, 1.54) is 31.4 Å². The first-order chi connectivity index (χ1) is 6.95. The fourth-order valence-corrected chi connectivity index (χ4v) is 2.89. The van der Waals surface area contributed by atoms with Crippen molar-refractivity contribution < 1.29 is 38.2 Å². The third kappa shape index (κ3) is 2.50. The van der Waals surface area contributed by atoms with Gasteiger partial charge in [0.2, 0.25) is 0 Å². The number of anilines is 1. The molecule has 3 N–H and O–H groups in total. The van der Waals surface area contributed by atoms with Crippen LogP contribution >= 0.6 is 0 Å². The molecule has 0 spiro atoms. The molecule has 1 aliphatic carbocycles. The summed E-state index contributed by atoms with van der Waals surface area (Å²) in [6, 6.07) is 8.76. The average Bonchev–Trinajstić information content (AvgIpc) is 2.29. The molecule has 2 unspecified atom stereocenters. The quantitative estimate of drug-likeness (QED) is 0.734. The summed E-state index contributed by atoms with van der Waals surface area (Å²) in [7, 11) is 0. The first-order valence-electron chi connectivity index (χ1n) is 5.64. The summed E-state index contributed by atoms with van der Waals surface area (Å²) >= 11 is 0. The van der Waals surface area contributed by atoms with E-state index in [1.54, 1.807) is 5.56 Å². The van der Waals surface area contributed by atoms with Crippen molar-refractivity contribution in [1.82, 2.24) is 0 Å². The molecular weight excluding hydrogens is 275 g/mol. The summed E-state index contributed by atoms with van der Waals surface area (Å²) in [5, 5.41) is 3.44. The average molecular weight is 293 g/mol. The molecule has 1 radical (unpaired) electrons. The van der Waals surface area contributed by atoms with E-state index in [1.807, 2.05) is 0 Å². The number of hydrogen-bond acceptors (Lipinski definition) is 1. The van der Waals surface area contributed by atoms with Crippen molar-refractivity contribution in [1.29, 1.82) is 0 Å². The minimum Gasteiger partial charge on any atom is -0.535 e. The monoisotopic (exact) mass is 293 g/mol. The Morgan fingerprint density at radius 2 is 1.88 bits per heavy atom. The van der Waals surface area contributed by atoms with Gasteiger partial charge in [-0.25, -0.2) is 6.54 Å². The molecule has 0 amide bonds. The van der Waals surface area contributed by atoms with E-state index in [-0.39, 0.29) is 38.2 Å². The van der Waals surface area contributed by atoms with Crippen molar-refractivity contribution in [3.63, 3.8) is 0 Å². The molecule has 0 aromatic heterocycles. The van der Waals surface area contributed by atoms with Crippen molar-refractivity contribution >= 4 is 5.69 Å². The molecule has 16 heavy (non-hydrogen) atoms. The second-order valence-corrected chi connectivity index (χ2v) is 4.45. The second-order valence-electron chi connectivity index (χ2n) is 4.45. The van der Waals surface area contributed by atoms with E-state index in [0.717, 1.165) is 11.8 Å². The summed E-state index contributed by atoms with van der Waals surface area (Å²) in [6.45, 7) is 2.31. The van der Waals surface area contributed by atoms with Crippen LogP contribution in [-0.4, -0.2) is 5.48 Å². The molecule has 1 aromatic rings. The number of benzene rings is 1. The Bertz CT molecular complexity index is 342. The first kappa shape index (κ1) is 14.1. The maximum Gasteiger partial charge on any atom is 0.00810 e. The summed E-state index contributed by atoms with van der Waals surface area (Å²) < 4.78 is 0. The third-order valence-electron chi connectivity index (χ3n) is 3.63. The number of para-hydroxylation sites is 1. The Labute approximate surface area is 122 Å². The van der Waals surface area contributed by atoms with E-state index in [2.05, 4.69) is 36.1 Å². The van der Waals surface area contributed by atoms with Gasteiger partial charge in [0.05, 0.1) is 0 Å². The van der Waals surface area contributed by atoms with Gasteiger partial charge < -0.3 is 10.8 Å². The standard InChI is InChI=1S/C13H16N.H2O.Y/c1-2-6-11-10(5-1)9-14-13-8-4-3-7-12(11)13;;/h3-4,7-11,14H,1-2,5-6H2;1H2;/q-1;;. The summed E-state index contributed by atoms with van der Waals surface area (Å²) in [4.78, 5) is 0. The van der Waals surface area contributed by atoms with Crippen molar-refractivity contribution in [2.75, 3.05) is 5.32 Å². The van der Waals surface area contributed by atoms with Gasteiger partial charge in [-0.05, 0) is 24.0 Å². The summed E-state index contributed by atoms with van der Waals surface area (Å²) in [5.41, 5.74) is 2.87. The minimum atomic E-state index is 0. The van der Waals surface area contributed by atoms with Gasteiger partial charge in [-0.3, -0.25) is 0 Å². The van der Waals surface area contributed by atoms with Crippen LogP contribution in [0, 0.1) is 12.5 Å². The third-order valence-corrected chi connectivity index (χ3v) is 3.63. The fourth-order valence-electron chi connectivity index (χ4n) is 2.89. The molecule has 3 heteroatoms. The number of hydrogen-bond donors (Lipinski definition) is 1. The zero-order valence-electron chi connectivity index (χ0n) is 9.45. The van der Waals surface area contributed by atoms with Crippen molar-refractivity contribution in [3.05, 3.63) is 36.4 Å². The van der Waals surface area contributed by atoms with Gasteiger partial charge in [-0.1, -0.05) is 37.5 Å². The zero-order valence-corrected chi connectivity index (χ0v) is 12.3. The molecule has 1 saturated carbocycles. The topological polar surface area (TPSA) is 43.5 Å². The molecule has 2 atom stereocenters. The molecular formula is C13H18NOY-. The predicted octanol–water partition coefficient (Wildman–Crippen LogP) is 2.72. The van der Waals surface area contributed by atoms with E-state index in [9.17, 15) is 0 Å². The largest absolute Gasteiger partial charge is 0.535 e. The van der Waals surface area contributed by atoms with E-state index < -0.39 is 0 Å². The molecule has 3 rings (SSSR count). The molecule has 1 fully saturated rings. The van der Waals surface area contributed by atoms with Crippen LogP contribution in [0.1, 0.15) is 37.2 Å². The zero-order chi connectivity index (χ0) is 9.38. The van der Waals surface area contributed by atoms with Crippen LogP contribution in [0.2, 0.25) is 0 Å². The molecule has 85 valence electrons. The Kier molecular flexibility index (Phi) is 5.42. The minimum absolute atomic E-state index is 0. The van der Waals surface area contributed by atoms with Crippen LogP contribution in [0.5, 0.6) is 0 Å². The molecule has 2 nitrogen and oxygen atoms in total. The smallest absolute Gasteiger partial charge is 0.00810 e. The normalized spacial score (nSPS) is 26.2. The molecule has 1 aromatic carbocycles. The van der Waals surface area contributed by atoms with Gasteiger partial charge in [0.15, 0.2) is 0 Å². The molecule has 0 saturated heterocycles. The predicted molar refractivity (Wildman–Crippen MR) is 62.7 cm³/mol. The number of fused-ring (bicyclic) bond motifs is 3. The van der Waals surface area contributed by atoms with Crippen molar-refractivity contribution in [2.45, 2.75) is 31.6 Å². The van der Waals surface area contributed by atoms with E-state index in [0.29, 0.717) is 0 Å². The van der Waals surface area contributed by atoms with E-state index in [4.69, 9.17) is 0 Å². The summed E-state index contributed by atoms with van der Waals surface area (Å²) in [6.07, 6.45) is 5.55. The molecule has 1 heterocycles. The van der Waals surface area contributed by atoms with Gasteiger partial charge in [0.25, 0.3) is 0 Å². The Balaban J connectivity index is 0.000000640. The fraction of sp³-hybridized carbons (Fsp3) is 0.462.